The van der Waals surface area contributed by atoms with E-state index in [1.54, 1.807) is 0 Å². The number of hydrogen-bond donors (Lipinski definition) is 3. The molecule has 0 saturated carbocycles. The molecule has 0 aliphatic carbocycles. The zero-order valence-electron chi connectivity index (χ0n) is 14.5. The van der Waals surface area contributed by atoms with Crippen molar-refractivity contribution in [3.05, 3.63) is 42.5 Å². The number of rotatable bonds is 7. The number of aliphatic hydroxyl groups excluding tert-OH is 1. The number of H-pyrrole nitrogens is 1. The van der Waals surface area contributed by atoms with E-state index in [0.29, 0.717) is 18.5 Å². The van der Waals surface area contributed by atoms with Gasteiger partial charge in [-0.15, -0.1) is 0 Å². The maximum Gasteiger partial charge on any atom is 0.129 e. The van der Waals surface area contributed by atoms with E-state index >= 15 is 0 Å². The van der Waals surface area contributed by atoms with Gasteiger partial charge < -0.3 is 20.1 Å². The van der Waals surface area contributed by atoms with Gasteiger partial charge in [0, 0.05) is 28.9 Å². The largest absolute Gasteiger partial charge is 0.490 e. The topological polar surface area (TPSA) is 57.3 Å². The maximum atomic E-state index is 10.2. The Morgan fingerprint density at radius 1 is 1.04 bits per heavy atom. The molecule has 0 saturated heterocycles. The van der Waals surface area contributed by atoms with Crippen molar-refractivity contribution in [3.8, 4) is 5.75 Å². The third kappa shape index (κ3) is 3.55. The summed E-state index contributed by atoms with van der Waals surface area (Å²) in [6, 6.07) is 14.5. The number of aromatic nitrogens is 1. The predicted octanol–water partition coefficient (Wildman–Crippen LogP) is 3.69. The Bertz CT molecular complexity index is 810. The predicted molar refractivity (Wildman–Crippen MR) is 99.6 cm³/mol. The second kappa shape index (κ2) is 7.24. The average Bonchev–Trinajstić information content (AvgIpc) is 2.96. The van der Waals surface area contributed by atoms with Crippen LogP contribution in [0.3, 0.4) is 0 Å². The molecule has 1 unspecified atom stereocenters. The lowest BCUT2D eigenvalue weighted by atomic mass is 10.1. The number of ether oxygens (including phenoxy) is 1. The molecule has 3 aromatic rings. The molecule has 1 aromatic heterocycles. The standard InChI is InChI=1S/C20H26N2O2/c1-13(2)14(3)21-11-15(23)12-24-19-10-6-9-18-20(19)16-7-4-5-8-17(16)22-18/h4-10,13-15,21-23H,11-12H2,1-3H3/t14?,15-/m0/s1. The summed E-state index contributed by atoms with van der Waals surface area (Å²) in [6.45, 7) is 7.26. The number of nitrogens with one attached hydrogen (secondary N) is 2. The SMILES string of the molecule is CC(C)C(C)NC[C@H](O)COc1cccc2[nH]c3ccccc3c12. The van der Waals surface area contributed by atoms with Gasteiger partial charge in [-0.3, -0.25) is 0 Å². The summed E-state index contributed by atoms with van der Waals surface area (Å²) in [5.41, 5.74) is 2.14. The minimum Gasteiger partial charge on any atom is -0.490 e. The highest BCUT2D eigenvalue weighted by Gasteiger charge is 2.13. The first-order valence-corrected chi connectivity index (χ1v) is 8.60. The molecule has 2 atom stereocenters. The second-order valence-electron chi connectivity index (χ2n) is 6.76. The summed E-state index contributed by atoms with van der Waals surface area (Å²) < 4.78 is 5.93. The van der Waals surface area contributed by atoms with Crippen LogP contribution in [0.4, 0.5) is 0 Å². The molecule has 4 nitrogen and oxygen atoms in total. The third-order valence-corrected chi connectivity index (χ3v) is 4.60. The smallest absolute Gasteiger partial charge is 0.129 e. The van der Waals surface area contributed by atoms with E-state index in [4.69, 9.17) is 4.74 Å². The van der Waals surface area contributed by atoms with Gasteiger partial charge in [-0.25, -0.2) is 0 Å². The van der Waals surface area contributed by atoms with Crippen molar-refractivity contribution >= 4 is 21.8 Å². The van der Waals surface area contributed by atoms with Gasteiger partial charge in [0.25, 0.3) is 0 Å². The summed E-state index contributed by atoms with van der Waals surface area (Å²) in [5, 5.41) is 15.7. The second-order valence-corrected chi connectivity index (χ2v) is 6.76. The van der Waals surface area contributed by atoms with Crippen LogP contribution >= 0.6 is 0 Å². The Morgan fingerprint density at radius 3 is 2.58 bits per heavy atom. The van der Waals surface area contributed by atoms with Gasteiger partial charge in [-0.05, 0) is 31.0 Å². The average molecular weight is 326 g/mol. The Balaban J connectivity index is 1.71. The molecule has 0 spiro atoms. The van der Waals surface area contributed by atoms with E-state index in [1.807, 2.05) is 30.3 Å². The number of aromatic amines is 1. The summed E-state index contributed by atoms with van der Waals surface area (Å²) in [5.74, 6) is 1.35. The fourth-order valence-corrected chi connectivity index (χ4v) is 2.79. The van der Waals surface area contributed by atoms with Crippen LogP contribution in [0.15, 0.2) is 42.5 Å². The van der Waals surface area contributed by atoms with E-state index in [1.165, 1.54) is 0 Å². The molecule has 4 heteroatoms. The van der Waals surface area contributed by atoms with Crippen LogP contribution in [-0.4, -0.2) is 35.4 Å². The van der Waals surface area contributed by atoms with Crippen molar-refractivity contribution in [3.63, 3.8) is 0 Å². The Morgan fingerprint density at radius 2 is 1.79 bits per heavy atom. The zero-order chi connectivity index (χ0) is 17.1. The van der Waals surface area contributed by atoms with Crippen molar-refractivity contribution in [1.82, 2.24) is 10.3 Å². The van der Waals surface area contributed by atoms with E-state index in [9.17, 15) is 5.11 Å². The fourth-order valence-electron chi connectivity index (χ4n) is 2.79. The van der Waals surface area contributed by atoms with E-state index in [-0.39, 0.29) is 6.61 Å². The van der Waals surface area contributed by atoms with Gasteiger partial charge in [0.2, 0.25) is 0 Å². The Hall–Kier alpha value is -2.04. The van der Waals surface area contributed by atoms with E-state index in [0.717, 1.165) is 27.6 Å². The van der Waals surface area contributed by atoms with Gasteiger partial charge in [0.1, 0.15) is 18.5 Å². The molecule has 0 aliphatic heterocycles. The maximum absolute atomic E-state index is 10.2. The molecule has 0 fully saturated rings. The number of hydrogen-bond acceptors (Lipinski definition) is 3. The van der Waals surface area contributed by atoms with Crippen molar-refractivity contribution in [2.75, 3.05) is 13.2 Å². The first-order chi connectivity index (χ1) is 11.6. The van der Waals surface area contributed by atoms with Crippen LogP contribution in [0.5, 0.6) is 5.75 Å². The molecule has 0 aliphatic rings. The lowest BCUT2D eigenvalue weighted by molar-refractivity contribution is 0.103. The van der Waals surface area contributed by atoms with Crippen molar-refractivity contribution < 1.29 is 9.84 Å². The van der Waals surface area contributed by atoms with E-state index in [2.05, 4.69) is 43.2 Å². The molecule has 128 valence electrons. The third-order valence-electron chi connectivity index (χ3n) is 4.60. The van der Waals surface area contributed by atoms with Crippen molar-refractivity contribution in [2.24, 2.45) is 5.92 Å². The van der Waals surface area contributed by atoms with Crippen LogP contribution in [0.2, 0.25) is 0 Å². The van der Waals surface area contributed by atoms with Crippen molar-refractivity contribution in [2.45, 2.75) is 32.9 Å². The number of fused-ring (bicyclic) bond motifs is 3. The number of aliphatic hydroxyl groups is 1. The lowest BCUT2D eigenvalue weighted by Crippen LogP contribution is -2.38. The molecule has 0 radical (unpaired) electrons. The van der Waals surface area contributed by atoms with Gasteiger partial charge in [0.05, 0.1) is 5.52 Å². The molecule has 2 aromatic carbocycles. The Kier molecular flexibility index (Phi) is 5.07. The van der Waals surface area contributed by atoms with Gasteiger partial charge in [-0.1, -0.05) is 38.1 Å². The highest BCUT2D eigenvalue weighted by atomic mass is 16.5. The molecular weight excluding hydrogens is 300 g/mol. The fraction of sp³-hybridized carbons (Fsp3) is 0.400. The molecule has 0 amide bonds. The molecule has 3 N–H and O–H groups in total. The van der Waals surface area contributed by atoms with Crippen LogP contribution < -0.4 is 10.1 Å². The van der Waals surface area contributed by atoms with Gasteiger partial charge >= 0.3 is 0 Å². The van der Waals surface area contributed by atoms with Gasteiger partial charge in [0.15, 0.2) is 0 Å². The molecular formula is C20H26N2O2. The quantitative estimate of drug-likeness (QED) is 0.620. The minimum absolute atomic E-state index is 0.274. The first-order valence-electron chi connectivity index (χ1n) is 8.60. The molecule has 1 heterocycles. The monoisotopic (exact) mass is 326 g/mol. The summed E-state index contributed by atoms with van der Waals surface area (Å²) in [4.78, 5) is 3.40. The summed E-state index contributed by atoms with van der Waals surface area (Å²) in [6.07, 6.45) is -0.535. The zero-order valence-corrected chi connectivity index (χ0v) is 14.5. The number of benzene rings is 2. The number of para-hydroxylation sites is 1. The summed E-state index contributed by atoms with van der Waals surface area (Å²) >= 11 is 0. The highest BCUT2D eigenvalue weighted by Crippen LogP contribution is 2.32. The van der Waals surface area contributed by atoms with Crippen LogP contribution in [0.25, 0.3) is 21.8 Å². The highest BCUT2D eigenvalue weighted by molar-refractivity contribution is 6.10. The van der Waals surface area contributed by atoms with Crippen LogP contribution in [-0.2, 0) is 0 Å². The molecule has 0 bridgehead atoms. The Labute approximate surface area is 142 Å². The van der Waals surface area contributed by atoms with Crippen molar-refractivity contribution in [1.29, 1.82) is 0 Å². The molecule has 24 heavy (non-hydrogen) atoms. The van der Waals surface area contributed by atoms with E-state index < -0.39 is 6.10 Å². The van der Waals surface area contributed by atoms with Crippen LogP contribution in [0, 0.1) is 5.92 Å². The minimum atomic E-state index is -0.535. The first kappa shape index (κ1) is 16.8. The normalized spacial score (nSPS) is 14.4. The van der Waals surface area contributed by atoms with Gasteiger partial charge in [-0.2, -0.15) is 0 Å². The summed E-state index contributed by atoms with van der Waals surface area (Å²) in [7, 11) is 0. The molecule has 3 rings (SSSR count). The lowest BCUT2D eigenvalue weighted by Gasteiger charge is -2.20. The van der Waals surface area contributed by atoms with Crippen LogP contribution in [0.1, 0.15) is 20.8 Å².